The number of carbonyl (C=O) groups excluding carboxylic acids is 2. The number of oxazole rings is 2. The second-order valence-electron chi connectivity index (χ2n) is 8.50. The summed E-state index contributed by atoms with van der Waals surface area (Å²) in [5.74, 6) is -5.07. The van der Waals surface area contributed by atoms with Gasteiger partial charge in [0.2, 0.25) is 0 Å². The summed E-state index contributed by atoms with van der Waals surface area (Å²) in [5.41, 5.74) is 4.75. The minimum Gasteiger partial charge on any atom is -0.543 e. The smallest absolute Gasteiger partial charge is 0.543 e. The third-order valence-electron chi connectivity index (χ3n) is 5.74. The van der Waals surface area contributed by atoms with Crippen LogP contribution in [0.2, 0.25) is 0 Å². The van der Waals surface area contributed by atoms with E-state index in [1.54, 1.807) is 21.3 Å². The Hall–Kier alpha value is -5.52. The number of rotatable bonds is 6. The molecule has 0 saturated carbocycles. The van der Waals surface area contributed by atoms with Crippen molar-refractivity contribution in [1.29, 1.82) is 0 Å². The van der Waals surface area contributed by atoms with Crippen molar-refractivity contribution < 1.29 is 45.7 Å². The van der Waals surface area contributed by atoms with E-state index in [0.29, 0.717) is 24.5 Å². The Kier molecular flexibility index (Phi) is 11.5. The molecule has 6 rings (SSSR count). The van der Waals surface area contributed by atoms with Gasteiger partial charge >= 0.3 is 28.6 Å². The molecule has 0 unspecified atom stereocenters. The number of aromatic nitrogens is 2. The molecule has 223 valence electrons. The first kappa shape index (κ1) is 32.0. The summed E-state index contributed by atoms with van der Waals surface area (Å²) in [6.45, 7) is 0.777. The summed E-state index contributed by atoms with van der Waals surface area (Å²) in [6, 6.07) is 34.3. The number of nitrogens with zero attached hydrogens (tertiary/aromatic N) is 2. The van der Waals surface area contributed by atoms with E-state index in [-0.39, 0.29) is 28.6 Å². The molecule has 2 aromatic heterocycles. The zero-order chi connectivity index (χ0) is 29.9. The van der Waals surface area contributed by atoms with Crippen molar-refractivity contribution in [2.45, 2.75) is 13.3 Å². The van der Waals surface area contributed by atoms with Gasteiger partial charge in [-0.25, -0.2) is 9.59 Å². The van der Waals surface area contributed by atoms with Gasteiger partial charge in [-0.15, -0.1) is 0 Å². The summed E-state index contributed by atoms with van der Waals surface area (Å²) >= 11 is 0. The van der Waals surface area contributed by atoms with Gasteiger partial charge in [-0.3, -0.25) is 9.13 Å². The fourth-order valence-electron chi connectivity index (χ4n) is 3.78. The van der Waals surface area contributed by atoms with Crippen molar-refractivity contribution in [3.63, 3.8) is 0 Å². The molecule has 0 spiro atoms. The molecule has 0 fully saturated rings. The van der Waals surface area contributed by atoms with E-state index in [0.717, 1.165) is 22.4 Å². The van der Waals surface area contributed by atoms with Gasteiger partial charge in [0.05, 0.1) is 36.3 Å². The summed E-state index contributed by atoms with van der Waals surface area (Å²) in [4.78, 5) is 41.3. The number of hydrogen-bond donors (Lipinski definition) is 2. The quantitative estimate of drug-likeness (QED) is 0.204. The van der Waals surface area contributed by atoms with Crippen LogP contribution in [0.25, 0.3) is 22.2 Å². The minimum atomic E-state index is -2.19. The van der Waals surface area contributed by atoms with Crippen LogP contribution in [0.3, 0.4) is 0 Å². The zero-order valence-corrected chi connectivity index (χ0v) is 23.2. The Bertz CT molecular complexity index is 1760. The van der Waals surface area contributed by atoms with Crippen LogP contribution < -0.4 is 32.4 Å². The van der Waals surface area contributed by atoms with Crippen molar-refractivity contribution >= 4 is 45.5 Å². The third kappa shape index (κ3) is 8.73. The molecule has 13 heteroatoms. The molecule has 2 heterocycles. The zero-order valence-electron chi connectivity index (χ0n) is 22.3. The molecule has 0 amide bonds. The van der Waals surface area contributed by atoms with Crippen LogP contribution in [-0.4, -0.2) is 21.1 Å². The molecule has 43 heavy (non-hydrogen) atoms. The number of nitrogens with one attached hydrogen (secondary N) is 2. The number of fused-ring (bicyclic) bond motifs is 2. The van der Waals surface area contributed by atoms with Crippen molar-refractivity contribution in [3.8, 4) is 0 Å². The number of benzene rings is 4. The maximum atomic E-state index is 11.7. The topological polar surface area (TPSA) is 175 Å². The third-order valence-corrected chi connectivity index (χ3v) is 5.74. The van der Waals surface area contributed by atoms with Crippen LogP contribution in [0, 0.1) is 0 Å². The molecule has 1 radical (unpaired) electrons. The van der Waals surface area contributed by atoms with E-state index < -0.39 is 11.9 Å². The second kappa shape index (κ2) is 15.5. The molecule has 2 N–H and O–H groups in total. The predicted octanol–water partition coefficient (Wildman–Crippen LogP) is 1.81. The maximum absolute atomic E-state index is 11.7. The molecule has 0 bridgehead atoms. The van der Waals surface area contributed by atoms with Gasteiger partial charge in [0, 0.05) is 11.4 Å². The maximum Gasteiger partial charge on any atom is 2.00 e. The van der Waals surface area contributed by atoms with Crippen LogP contribution in [0.1, 0.15) is 0 Å². The summed E-state index contributed by atoms with van der Waals surface area (Å²) in [5, 5.41) is 24.2. The normalized spacial score (nSPS) is 9.95. The number of carboxylic acid groups (broad SMARTS) is 2. The van der Waals surface area contributed by atoms with Gasteiger partial charge < -0.3 is 39.3 Å². The Labute approximate surface area is 254 Å². The molecule has 0 atom stereocenters. The number of aliphatic carboxylic acids is 2. The van der Waals surface area contributed by atoms with E-state index in [4.69, 9.17) is 28.6 Å². The number of para-hydroxylation sites is 6. The van der Waals surface area contributed by atoms with Crippen LogP contribution >= 0.6 is 0 Å². The molecule has 12 nitrogen and oxygen atoms in total. The monoisotopic (exact) mass is 631 g/mol. The Morgan fingerprint density at radius 2 is 0.884 bits per heavy atom. The Morgan fingerprint density at radius 1 is 0.558 bits per heavy atom. The fraction of sp³-hybridized carbons (Fsp3) is 0.0667. The minimum absolute atomic E-state index is 0. The molecule has 0 aliphatic carbocycles. The van der Waals surface area contributed by atoms with Crippen molar-refractivity contribution in [3.05, 3.63) is 130 Å². The number of carboxylic acids is 2. The van der Waals surface area contributed by atoms with Crippen molar-refractivity contribution in [1.82, 2.24) is 9.13 Å². The number of carbonyl (C=O) groups is 2. The van der Waals surface area contributed by atoms with E-state index in [1.807, 2.05) is 97.1 Å². The summed E-state index contributed by atoms with van der Waals surface area (Å²) in [7, 11) is 0. The second-order valence-corrected chi connectivity index (χ2v) is 8.50. The molecule has 6 aromatic rings. The fourth-order valence-corrected chi connectivity index (χ4v) is 3.78. The molecular weight excluding hydrogens is 608 g/mol. The van der Waals surface area contributed by atoms with Gasteiger partial charge in [-0.05, 0) is 48.5 Å². The van der Waals surface area contributed by atoms with Gasteiger partial charge in [-0.1, -0.05) is 60.7 Å². The largest absolute Gasteiger partial charge is 2.00 e. The first-order chi connectivity index (χ1) is 20.3. The van der Waals surface area contributed by atoms with Gasteiger partial charge in [0.1, 0.15) is 0 Å². The molecule has 0 aliphatic heterocycles. The predicted molar refractivity (Wildman–Crippen MR) is 151 cm³/mol. The standard InChI is InChI=1S/2C14H12N2O2.C2H2O4.Cu/c2*17-14-16(10-15-11-6-2-1-3-7-11)12-8-4-5-9-13(12)18-14;3-1(4)2(5)6;/h2*1-9,15H,10H2;(H,3,4)(H,5,6);/q;;;+2/p-2. The Balaban J connectivity index is 0.000000195. The first-order valence-electron chi connectivity index (χ1n) is 12.5. The Morgan fingerprint density at radius 3 is 1.23 bits per heavy atom. The van der Waals surface area contributed by atoms with E-state index >= 15 is 0 Å². The molecular formula is C30H24CuN4O8. The van der Waals surface area contributed by atoms with Crippen LogP contribution in [-0.2, 0) is 40.0 Å². The van der Waals surface area contributed by atoms with Crippen LogP contribution in [0.5, 0.6) is 0 Å². The van der Waals surface area contributed by atoms with E-state index in [1.165, 1.54) is 0 Å². The van der Waals surface area contributed by atoms with Crippen LogP contribution in [0.15, 0.2) is 128 Å². The number of anilines is 2. The van der Waals surface area contributed by atoms with E-state index in [2.05, 4.69) is 10.6 Å². The van der Waals surface area contributed by atoms with Crippen molar-refractivity contribution in [2.24, 2.45) is 0 Å². The number of hydrogen-bond acceptors (Lipinski definition) is 10. The molecule has 0 saturated heterocycles. The SMILES string of the molecule is O=C([O-])C(=O)[O-].O=c1oc2ccccc2n1CNc1ccccc1.O=c1oc2ccccc2n1CNc1ccccc1.[Cu+2]. The molecule has 4 aromatic carbocycles. The van der Waals surface area contributed by atoms with Gasteiger partial charge in [-0.2, -0.15) is 0 Å². The van der Waals surface area contributed by atoms with Crippen molar-refractivity contribution in [2.75, 3.05) is 10.6 Å². The molecule has 0 aliphatic rings. The summed E-state index contributed by atoms with van der Waals surface area (Å²) < 4.78 is 13.5. The van der Waals surface area contributed by atoms with Gasteiger partial charge in [0.25, 0.3) is 0 Å². The summed E-state index contributed by atoms with van der Waals surface area (Å²) in [6.07, 6.45) is 0. The van der Waals surface area contributed by atoms with E-state index in [9.17, 15) is 9.59 Å². The van der Waals surface area contributed by atoms with Gasteiger partial charge in [0.15, 0.2) is 11.2 Å². The average Bonchev–Trinajstić information content (AvgIpc) is 3.51. The van der Waals surface area contributed by atoms with Crippen LogP contribution in [0.4, 0.5) is 11.4 Å². The first-order valence-corrected chi connectivity index (χ1v) is 12.5. The average molecular weight is 632 g/mol.